The van der Waals surface area contributed by atoms with Crippen LogP contribution in [0.1, 0.15) is 26.2 Å². The van der Waals surface area contributed by atoms with Gasteiger partial charge in [0, 0.05) is 6.42 Å². The molecule has 0 radical (unpaired) electrons. The van der Waals surface area contributed by atoms with E-state index in [0.29, 0.717) is 6.42 Å². The Morgan fingerprint density at radius 2 is 2.10 bits per heavy atom. The topological polar surface area (TPSA) is 83.6 Å². The number of hydrogen-bond donors (Lipinski definition) is 3. The third-order valence-corrected chi connectivity index (χ3v) is 1.27. The number of primary amides is 1. The number of carbonyl (C=O) groups excluding carboxylic acids is 1. The zero-order chi connectivity index (χ0) is 8.20. The van der Waals surface area contributed by atoms with Crippen molar-refractivity contribution in [3.63, 3.8) is 0 Å². The second kappa shape index (κ2) is 3.53. The van der Waals surface area contributed by atoms with Crippen molar-refractivity contribution < 1.29 is 15.0 Å². The Labute approximate surface area is 59.7 Å². The van der Waals surface area contributed by atoms with E-state index in [0.717, 1.165) is 6.42 Å². The first-order chi connectivity index (χ1) is 4.50. The number of carbonyl (C=O) groups is 1. The van der Waals surface area contributed by atoms with Crippen LogP contribution < -0.4 is 5.73 Å². The molecule has 0 heterocycles. The van der Waals surface area contributed by atoms with Crippen LogP contribution in [0.5, 0.6) is 0 Å². The normalized spacial score (nSPS) is 11.5. The molecule has 0 spiro atoms. The van der Waals surface area contributed by atoms with Crippen molar-refractivity contribution in [3.05, 3.63) is 0 Å². The summed E-state index contributed by atoms with van der Waals surface area (Å²) in [5.41, 5.74) is 4.67. The molecule has 4 N–H and O–H groups in total. The molecule has 0 saturated heterocycles. The molecule has 0 aliphatic rings. The van der Waals surface area contributed by atoms with E-state index in [1.165, 1.54) is 0 Å². The Morgan fingerprint density at radius 3 is 2.40 bits per heavy atom. The highest BCUT2D eigenvalue weighted by Gasteiger charge is 2.29. The molecule has 0 bridgehead atoms. The Kier molecular flexibility index (Phi) is 3.32. The monoisotopic (exact) mass is 147 g/mol. The molecule has 4 heteroatoms. The minimum atomic E-state index is -2.31. The molecule has 60 valence electrons. The van der Waals surface area contributed by atoms with E-state index >= 15 is 0 Å². The maximum absolute atomic E-state index is 10.2. The minimum absolute atomic E-state index is 0.0127. The van der Waals surface area contributed by atoms with Gasteiger partial charge in [0.25, 0.3) is 5.91 Å². The van der Waals surface area contributed by atoms with Gasteiger partial charge in [-0.1, -0.05) is 13.3 Å². The van der Waals surface area contributed by atoms with Gasteiger partial charge in [-0.05, 0) is 6.42 Å². The molecular formula is C6H13NO3. The highest BCUT2D eigenvalue weighted by atomic mass is 16.5. The van der Waals surface area contributed by atoms with Gasteiger partial charge in [-0.15, -0.1) is 0 Å². The molecule has 0 aromatic rings. The smallest absolute Gasteiger partial charge is 0.277 e. The number of unbranched alkanes of at least 4 members (excludes halogenated alkanes) is 1. The van der Waals surface area contributed by atoms with E-state index in [4.69, 9.17) is 10.2 Å². The summed E-state index contributed by atoms with van der Waals surface area (Å²) >= 11 is 0. The Bertz CT molecular complexity index is 122. The standard InChI is InChI=1S/C6H13NO3/c1-2-3-4-6(9,10)5(7)8/h9-10H,2-4H2,1H3,(H2,7,8). The molecule has 4 nitrogen and oxygen atoms in total. The number of hydrogen-bond acceptors (Lipinski definition) is 3. The fraction of sp³-hybridized carbons (Fsp3) is 0.833. The Balaban J connectivity index is 3.75. The summed E-state index contributed by atoms with van der Waals surface area (Å²) in [6.45, 7) is 1.89. The van der Waals surface area contributed by atoms with Crippen LogP contribution >= 0.6 is 0 Å². The molecule has 0 fully saturated rings. The molecule has 0 aliphatic carbocycles. The van der Waals surface area contributed by atoms with Gasteiger partial charge in [-0.25, -0.2) is 0 Å². The summed E-state index contributed by atoms with van der Waals surface area (Å²) in [5.74, 6) is -3.39. The molecule has 0 aromatic carbocycles. The van der Waals surface area contributed by atoms with Gasteiger partial charge in [-0.3, -0.25) is 4.79 Å². The molecule has 10 heavy (non-hydrogen) atoms. The fourth-order valence-corrected chi connectivity index (χ4v) is 0.546. The highest BCUT2D eigenvalue weighted by molar-refractivity contribution is 5.81. The van der Waals surface area contributed by atoms with E-state index in [1.807, 2.05) is 6.92 Å². The first-order valence-corrected chi connectivity index (χ1v) is 3.25. The van der Waals surface area contributed by atoms with Gasteiger partial charge in [0.15, 0.2) is 0 Å². The molecule has 0 saturated carbocycles. The van der Waals surface area contributed by atoms with E-state index in [1.54, 1.807) is 0 Å². The Hall–Kier alpha value is -0.610. The second-order valence-corrected chi connectivity index (χ2v) is 2.28. The summed E-state index contributed by atoms with van der Waals surface area (Å²) in [6.07, 6.45) is 1.39. The number of amides is 1. The Morgan fingerprint density at radius 1 is 1.60 bits per heavy atom. The number of nitrogens with two attached hydrogens (primary N) is 1. The summed E-state index contributed by atoms with van der Waals surface area (Å²) in [7, 11) is 0. The summed E-state index contributed by atoms with van der Waals surface area (Å²) in [6, 6.07) is 0. The number of aliphatic hydroxyl groups is 2. The molecule has 0 unspecified atom stereocenters. The largest absolute Gasteiger partial charge is 0.365 e. The molecule has 0 aromatic heterocycles. The third kappa shape index (κ3) is 2.80. The average molecular weight is 147 g/mol. The van der Waals surface area contributed by atoms with Crippen molar-refractivity contribution in [2.24, 2.45) is 5.73 Å². The van der Waals surface area contributed by atoms with Crippen LogP contribution in [-0.4, -0.2) is 21.9 Å². The number of rotatable bonds is 4. The SMILES string of the molecule is CCCCC(O)(O)C(N)=O. The van der Waals surface area contributed by atoms with E-state index in [9.17, 15) is 4.79 Å². The van der Waals surface area contributed by atoms with Crippen molar-refractivity contribution in [3.8, 4) is 0 Å². The zero-order valence-electron chi connectivity index (χ0n) is 6.00. The van der Waals surface area contributed by atoms with Crippen molar-refractivity contribution in [2.75, 3.05) is 0 Å². The van der Waals surface area contributed by atoms with Crippen LogP contribution in [-0.2, 0) is 4.79 Å². The van der Waals surface area contributed by atoms with Gasteiger partial charge in [0.1, 0.15) is 0 Å². The van der Waals surface area contributed by atoms with Crippen molar-refractivity contribution in [1.29, 1.82) is 0 Å². The van der Waals surface area contributed by atoms with Crippen LogP contribution in [0.15, 0.2) is 0 Å². The van der Waals surface area contributed by atoms with Crippen LogP contribution in [0.4, 0.5) is 0 Å². The van der Waals surface area contributed by atoms with Crippen molar-refractivity contribution in [1.82, 2.24) is 0 Å². The second-order valence-electron chi connectivity index (χ2n) is 2.28. The summed E-state index contributed by atoms with van der Waals surface area (Å²) < 4.78 is 0. The summed E-state index contributed by atoms with van der Waals surface area (Å²) in [4.78, 5) is 10.2. The van der Waals surface area contributed by atoms with Crippen LogP contribution in [0.25, 0.3) is 0 Å². The minimum Gasteiger partial charge on any atom is -0.365 e. The molecular weight excluding hydrogens is 134 g/mol. The molecule has 0 aliphatic heterocycles. The van der Waals surface area contributed by atoms with E-state index in [2.05, 4.69) is 5.73 Å². The predicted molar refractivity (Wildman–Crippen MR) is 35.9 cm³/mol. The third-order valence-electron chi connectivity index (χ3n) is 1.27. The van der Waals surface area contributed by atoms with Crippen LogP contribution in [0, 0.1) is 0 Å². The molecule has 0 rings (SSSR count). The van der Waals surface area contributed by atoms with Gasteiger partial charge in [0.2, 0.25) is 5.79 Å². The van der Waals surface area contributed by atoms with E-state index < -0.39 is 11.7 Å². The van der Waals surface area contributed by atoms with Gasteiger partial charge >= 0.3 is 0 Å². The van der Waals surface area contributed by atoms with Gasteiger partial charge in [-0.2, -0.15) is 0 Å². The molecule has 1 amide bonds. The first-order valence-electron chi connectivity index (χ1n) is 3.25. The predicted octanol–water partition coefficient (Wildman–Crippen LogP) is -0.657. The maximum Gasteiger partial charge on any atom is 0.277 e. The molecule has 0 atom stereocenters. The van der Waals surface area contributed by atoms with Crippen molar-refractivity contribution >= 4 is 5.91 Å². The first kappa shape index (κ1) is 9.39. The van der Waals surface area contributed by atoms with Gasteiger partial charge in [0.05, 0.1) is 0 Å². The fourth-order valence-electron chi connectivity index (χ4n) is 0.546. The van der Waals surface area contributed by atoms with Crippen LogP contribution in [0.2, 0.25) is 0 Å². The van der Waals surface area contributed by atoms with E-state index in [-0.39, 0.29) is 6.42 Å². The van der Waals surface area contributed by atoms with Crippen LogP contribution in [0.3, 0.4) is 0 Å². The zero-order valence-corrected chi connectivity index (χ0v) is 6.00. The van der Waals surface area contributed by atoms with Crippen molar-refractivity contribution in [2.45, 2.75) is 32.0 Å². The maximum atomic E-state index is 10.2. The average Bonchev–Trinajstić information content (AvgIpc) is 1.84. The highest BCUT2D eigenvalue weighted by Crippen LogP contribution is 2.08. The lowest BCUT2D eigenvalue weighted by Crippen LogP contribution is -2.43. The lowest BCUT2D eigenvalue weighted by Gasteiger charge is -2.16. The van der Waals surface area contributed by atoms with Gasteiger partial charge < -0.3 is 15.9 Å². The lowest BCUT2D eigenvalue weighted by atomic mass is 10.1. The summed E-state index contributed by atoms with van der Waals surface area (Å²) in [5, 5.41) is 17.6. The quantitative estimate of drug-likeness (QED) is 0.462. The lowest BCUT2D eigenvalue weighted by molar-refractivity contribution is -0.184.